The minimum Gasteiger partial charge on any atom is -0.383 e. The molecule has 2 heterocycles. The highest BCUT2D eigenvalue weighted by atomic mass is 16.5. The molecule has 1 N–H and O–H groups in total. The molecule has 4 nitrogen and oxygen atoms in total. The number of rotatable bonds is 6. The molecular formula is C20H27N3O. The van der Waals surface area contributed by atoms with E-state index in [0.717, 1.165) is 31.6 Å². The molecule has 0 saturated carbocycles. The summed E-state index contributed by atoms with van der Waals surface area (Å²) in [5.74, 6) is 0. The van der Waals surface area contributed by atoms with Crippen molar-refractivity contribution < 1.29 is 4.74 Å². The summed E-state index contributed by atoms with van der Waals surface area (Å²) in [6.45, 7) is 5.01. The lowest BCUT2D eigenvalue weighted by molar-refractivity contribution is 0.156. The van der Waals surface area contributed by atoms with Gasteiger partial charge < -0.3 is 15.0 Å². The molecule has 0 spiro atoms. The van der Waals surface area contributed by atoms with Crippen molar-refractivity contribution in [3.8, 4) is 0 Å². The normalized spacial score (nSPS) is 17.0. The molecule has 1 saturated heterocycles. The summed E-state index contributed by atoms with van der Waals surface area (Å²) in [6, 6.07) is 15.4. The number of piperidine rings is 1. The third-order valence-corrected chi connectivity index (χ3v) is 4.77. The summed E-state index contributed by atoms with van der Waals surface area (Å²) in [4.78, 5) is 6.98. The van der Waals surface area contributed by atoms with E-state index in [0.29, 0.717) is 12.6 Å². The summed E-state index contributed by atoms with van der Waals surface area (Å²) in [7, 11) is 1.75. The summed E-state index contributed by atoms with van der Waals surface area (Å²) in [5.41, 5.74) is 3.78. The molecule has 4 heteroatoms. The molecule has 1 aromatic heterocycles. The number of methoxy groups -OCH3 is 1. The van der Waals surface area contributed by atoms with Gasteiger partial charge in [0.05, 0.1) is 18.3 Å². The number of ether oxygens (including phenoxy) is 1. The highest BCUT2D eigenvalue weighted by Crippen LogP contribution is 2.24. The molecule has 1 atom stereocenters. The standard InChI is InChI=1S/C20H27N3O/c1-16-7-3-4-9-20(16)23-13-10-17(11-14-23)22-19(15-24-2)18-8-5-6-12-21-18/h3-9,12,17,19,22H,10-11,13-15H2,1-2H3/t19-/m0/s1. The van der Waals surface area contributed by atoms with Gasteiger partial charge in [0.2, 0.25) is 0 Å². The van der Waals surface area contributed by atoms with Gasteiger partial charge in [-0.1, -0.05) is 24.3 Å². The Morgan fingerprint density at radius 1 is 1.17 bits per heavy atom. The Morgan fingerprint density at radius 2 is 1.92 bits per heavy atom. The maximum atomic E-state index is 5.39. The first kappa shape index (κ1) is 16.9. The Bertz CT molecular complexity index is 624. The Kier molecular flexibility index (Phi) is 5.83. The Morgan fingerprint density at radius 3 is 2.58 bits per heavy atom. The SMILES string of the molecule is COC[C@H](NC1CCN(c2ccccc2C)CC1)c1ccccn1. The van der Waals surface area contributed by atoms with Crippen LogP contribution in [0.15, 0.2) is 48.7 Å². The van der Waals surface area contributed by atoms with E-state index in [4.69, 9.17) is 4.74 Å². The van der Waals surface area contributed by atoms with Gasteiger partial charge in [0.25, 0.3) is 0 Å². The summed E-state index contributed by atoms with van der Waals surface area (Å²) >= 11 is 0. The van der Waals surface area contributed by atoms with Crippen molar-refractivity contribution in [2.24, 2.45) is 0 Å². The number of nitrogens with zero attached hydrogens (tertiary/aromatic N) is 2. The average molecular weight is 325 g/mol. The summed E-state index contributed by atoms with van der Waals surface area (Å²) < 4.78 is 5.39. The van der Waals surface area contributed by atoms with Crippen molar-refractivity contribution in [1.82, 2.24) is 10.3 Å². The van der Waals surface area contributed by atoms with E-state index >= 15 is 0 Å². The molecule has 0 aliphatic carbocycles. The number of hydrogen-bond acceptors (Lipinski definition) is 4. The topological polar surface area (TPSA) is 37.4 Å². The van der Waals surface area contributed by atoms with E-state index in [2.05, 4.69) is 52.5 Å². The van der Waals surface area contributed by atoms with Gasteiger partial charge in [0.1, 0.15) is 0 Å². The molecular weight excluding hydrogens is 298 g/mol. The molecule has 1 aromatic carbocycles. The van der Waals surface area contributed by atoms with E-state index in [1.54, 1.807) is 7.11 Å². The van der Waals surface area contributed by atoms with Crippen LogP contribution in [-0.4, -0.2) is 37.8 Å². The van der Waals surface area contributed by atoms with Crippen LogP contribution in [0.2, 0.25) is 0 Å². The van der Waals surface area contributed by atoms with E-state index < -0.39 is 0 Å². The lowest BCUT2D eigenvalue weighted by Crippen LogP contribution is -2.44. The molecule has 0 bridgehead atoms. The van der Waals surface area contributed by atoms with E-state index in [1.165, 1.54) is 11.3 Å². The van der Waals surface area contributed by atoms with Gasteiger partial charge in [-0.15, -0.1) is 0 Å². The lowest BCUT2D eigenvalue weighted by atomic mass is 10.0. The fraction of sp³-hybridized carbons (Fsp3) is 0.450. The molecule has 128 valence electrons. The molecule has 0 radical (unpaired) electrons. The summed E-state index contributed by atoms with van der Waals surface area (Å²) in [6.07, 6.45) is 4.13. The monoisotopic (exact) mass is 325 g/mol. The van der Waals surface area contributed by atoms with E-state index in [9.17, 15) is 0 Å². The van der Waals surface area contributed by atoms with Crippen LogP contribution in [0.25, 0.3) is 0 Å². The predicted molar refractivity (Wildman–Crippen MR) is 98.4 cm³/mol. The number of nitrogens with one attached hydrogen (secondary N) is 1. The quantitative estimate of drug-likeness (QED) is 0.884. The molecule has 0 unspecified atom stereocenters. The highest BCUT2D eigenvalue weighted by Gasteiger charge is 2.23. The predicted octanol–water partition coefficient (Wildman–Crippen LogP) is 3.34. The number of aromatic nitrogens is 1. The Balaban J connectivity index is 1.59. The molecule has 1 fully saturated rings. The van der Waals surface area contributed by atoms with Crippen molar-refractivity contribution >= 4 is 5.69 Å². The van der Waals surface area contributed by atoms with Gasteiger partial charge in [0, 0.05) is 38.1 Å². The maximum absolute atomic E-state index is 5.39. The van der Waals surface area contributed by atoms with Gasteiger partial charge in [-0.05, 0) is 43.5 Å². The molecule has 1 aliphatic rings. The zero-order valence-corrected chi connectivity index (χ0v) is 14.6. The number of pyridine rings is 1. The van der Waals surface area contributed by atoms with Crippen molar-refractivity contribution in [3.63, 3.8) is 0 Å². The molecule has 1 aliphatic heterocycles. The molecule has 2 aromatic rings. The largest absolute Gasteiger partial charge is 0.383 e. The first-order valence-electron chi connectivity index (χ1n) is 8.74. The van der Waals surface area contributed by atoms with Crippen LogP contribution in [0.4, 0.5) is 5.69 Å². The zero-order valence-electron chi connectivity index (χ0n) is 14.6. The molecule has 3 rings (SSSR count). The second kappa shape index (κ2) is 8.27. The minimum atomic E-state index is 0.159. The minimum absolute atomic E-state index is 0.159. The van der Waals surface area contributed by atoms with Crippen LogP contribution in [-0.2, 0) is 4.74 Å². The third-order valence-electron chi connectivity index (χ3n) is 4.77. The lowest BCUT2D eigenvalue weighted by Gasteiger charge is -2.36. The first-order valence-corrected chi connectivity index (χ1v) is 8.74. The Labute approximate surface area is 144 Å². The van der Waals surface area contributed by atoms with Crippen molar-refractivity contribution in [3.05, 3.63) is 59.9 Å². The van der Waals surface area contributed by atoms with Crippen LogP contribution in [0.1, 0.15) is 30.1 Å². The van der Waals surface area contributed by atoms with Gasteiger partial charge in [-0.3, -0.25) is 4.98 Å². The van der Waals surface area contributed by atoms with E-state index in [1.807, 2.05) is 18.3 Å². The number of hydrogen-bond donors (Lipinski definition) is 1. The number of aryl methyl sites for hydroxylation is 1. The van der Waals surface area contributed by atoms with Crippen LogP contribution in [0, 0.1) is 6.92 Å². The third kappa shape index (κ3) is 4.13. The molecule has 0 amide bonds. The Hall–Kier alpha value is -1.91. The fourth-order valence-corrected chi connectivity index (χ4v) is 3.46. The smallest absolute Gasteiger partial charge is 0.0734 e. The van der Waals surface area contributed by atoms with Crippen LogP contribution >= 0.6 is 0 Å². The van der Waals surface area contributed by atoms with Gasteiger partial charge in [-0.25, -0.2) is 0 Å². The van der Waals surface area contributed by atoms with Gasteiger partial charge in [0.15, 0.2) is 0 Å². The van der Waals surface area contributed by atoms with Crippen molar-refractivity contribution in [2.75, 3.05) is 31.7 Å². The number of benzene rings is 1. The van der Waals surface area contributed by atoms with Crippen LogP contribution < -0.4 is 10.2 Å². The maximum Gasteiger partial charge on any atom is 0.0734 e. The van der Waals surface area contributed by atoms with Crippen LogP contribution in [0.3, 0.4) is 0 Å². The zero-order chi connectivity index (χ0) is 16.8. The molecule has 24 heavy (non-hydrogen) atoms. The average Bonchev–Trinajstić information content (AvgIpc) is 2.63. The van der Waals surface area contributed by atoms with Crippen molar-refractivity contribution in [2.45, 2.75) is 31.8 Å². The van der Waals surface area contributed by atoms with Gasteiger partial charge in [-0.2, -0.15) is 0 Å². The highest BCUT2D eigenvalue weighted by molar-refractivity contribution is 5.53. The second-order valence-corrected chi connectivity index (χ2v) is 6.48. The van der Waals surface area contributed by atoms with Crippen molar-refractivity contribution in [1.29, 1.82) is 0 Å². The second-order valence-electron chi connectivity index (χ2n) is 6.48. The van der Waals surface area contributed by atoms with E-state index in [-0.39, 0.29) is 6.04 Å². The fourth-order valence-electron chi connectivity index (χ4n) is 3.46. The van der Waals surface area contributed by atoms with Gasteiger partial charge >= 0.3 is 0 Å². The number of anilines is 1. The van der Waals surface area contributed by atoms with Crippen LogP contribution in [0.5, 0.6) is 0 Å². The first-order chi connectivity index (χ1) is 11.8. The summed E-state index contributed by atoms with van der Waals surface area (Å²) in [5, 5.41) is 3.75. The number of para-hydroxylation sites is 1.